The zero-order valence-corrected chi connectivity index (χ0v) is 12.8. The highest BCUT2D eigenvalue weighted by Crippen LogP contribution is 2.20. The van der Waals surface area contributed by atoms with Crippen LogP contribution in [0.2, 0.25) is 0 Å². The molecule has 1 aliphatic heterocycles. The van der Waals surface area contributed by atoms with E-state index in [9.17, 15) is 0 Å². The number of nitrogens with zero attached hydrogens (tertiary/aromatic N) is 2. The van der Waals surface area contributed by atoms with Crippen LogP contribution in [-0.2, 0) is 11.3 Å². The van der Waals surface area contributed by atoms with E-state index < -0.39 is 0 Å². The van der Waals surface area contributed by atoms with Gasteiger partial charge in [0, 0.05) is 12.1 Å². The Morgan fingerprint density at radius 1 is 1.37 bits per heavy atom. The van der Waals surface area contributed by atoms with Gasteiger partial charge in [0.15, 0.2) is 0 Å². The Labute approximate surface area is 118 Å². The summed E-state index contributed by atoms with van der Waals surface area (Å²) in [6.45, 7) is 8.56. The fraction of sp³-hybridized carbons (Fsp3) is 0.846. The smallest absolute Gasteiger partial charge is 0.294 e. The van der Waals surface area contributed by atoms with Gasteiger partial charge in [0.25, 0.3) is 5.19 Å². The second kappa shape index (κ2) is 6.63. The molecule has 0 bridgehead atoms. The van der Waals surface area contributed by atoms with E-state index in [4.69, 9.17) is 9.47 Å². The van der Waals surface area contributed by atoms with Gasteiger partial charge in [0.2, 0.25) is 0 Å². The summed E-state index contributed by atoms with van der Waals surface area (Å²) in [5.41, 5.74) is 0.0859. The monoisotopic (exact) mass is 285 g/mol. The molecule has 1 atom stereocenters. The van der Waals surface area contributed by atoms with Crippen molar-refractivity contribution in [3.63, 3.8) is 0 Å². The lowest BCUT2D eigenvalue weighted by molar-refractivity contribution is -0.0112. The van der Waals surface area contributed by atoms with Crippen LogP contribution in [0, 0.1) is 0 Å². The Morgan fingerprint density at radius 3 is 2.89 bits per heavy atom. The van der Waals surface area contributed by atoms with Gasteiger partial charge in [-0.3, -0.25) is 0 Å². The van der Waals surface area contributed by atoms with Gasteiger partial charge in [-0.1, -0.05) is 11.3 Å². The zero-order chi connectivity index (χ0) is 13.7. The highest BCUT2D eigenvalue weighted by atomic mass is 32.1. The van der Waals surface area contributed by atoms with Gasteiger partial charge in [-0.25, -0.2) is 0 Å². The molecule has 2 heterocycles. The quantitative estimate of drug-likeness (QED) is 0.900. The number of hydrogen-bond acceptors (Lipinski definition) is 6. The van der Waals surface area contributed by atoms with Crippen molar-refractivity contribution in [2.75, 3.05) is 13.2 Å². The summed E-state index contributed by atoms with van der Waals surface area (Å²) in [6, 6.07) is 0. The number of ether oxygens (including phenoxy) is 2. The van der Waals surface area contributed by atoms with E-state index in [2.05, 4.69) is 36.3 Å². The molecule has 1 aliphatic rings. The van der Waals surface area contributed by atoms with Gasteiger partial charge >= 0.3 is 0 Å². The predicted octanol–water partition coefficient (Wildman–Crippen LogP) is 2.37. The van der Waals surface area contributed by atoms with E-state index in [1.165, 1.54) is 17.8 Å². The Bertz CT molecular complexity index is 383. The summed E-state index contributed by atoms with van der Waals surface area (Å²) in [6.07, 6.45) is 3.69. The summed E-state index contributed by atoms with van der Waals surface area (Å²) in [5, 5.41) is 13.2. The molecule has 0 aromatic carbocycles. The maximum atomic E-state index is 5.65. The normalized spacial score (nSPS) is 20.5. The summed E-state index contributed by atoms with van der Waals surface area (Å²) in [5.74, 6) is 0. The van der Waals surface area contributed by atoms with E-state index in [1.54, 1.807) is 0 Å². The average Bonchev–Trinajstić information content (AvgIpc) is 2.82. The molecule has 0 spiro atoms. The lowest BCUT2D eigenvalue weighted by Gasteiger charge is -2.21. The maximum absolute atomic E-state index is 5.65. The van der Waals surface area contributed by atoms with E-state index in [1.807, 2.05) is 0 Å². The summed E-state index contributed by atoms with van der Waals surface area (Å²) < 4.78 is 11.3. The molecule has 1 N–H and O–H groups in total. The standard InChI is InChI=1S/C13H23N3O2S/c1-13(2,3)14-8-11-15-16-12(19-11)18-9-10-6-4-5-7-17-10/h10,14H,4-9H2,1-3H3. The predicted molar refractivity (Wildman–Crippen MR) is 75.6 cm³/mol. The van der Waals surface area contributed by atoms with Crippen LogP contribution in [0.15, 0.2) is 0 Å². The molecule has 1 fully saturated rings. The Morgan fingerprint density at radius 2 is 2.21 bits per heavy atom. The lowest BCUT2D eigenvalue weighted by Crippen LogP contribution is -2.35. The van der Waals surface area contributed by atoms with Crippen molar-refractivity contribution in [2.45, 2.75) is 58.2 Å². The molecule has 5 nitrogen and oxygen atoms in total. The Balaban J connectivity index is 1.74. The third-order valence-electron chi connectivity index (χ3n) is 2.88. The van der Waals surface area contributed by atoms with E-state index >= 15 is 0 Å². The topological polar surface area (TPSA) is 56.3 Å². The van der Waals surface area contributed by atoms with E-state index in [0.29, 0.717) is 11.8 Å². The molecule has 1 unspecified atom stereocenters. The fourth-order valence-corrected chi connectivity index (χ4v) is 2.45. The first-order chi connectivity index (χ1) is 9.03. The summed E-state index contributed by atoms with van der Waals surface area (Å²) in [4.78, 5) is 0. The third kappa shape index (κ3) is 5.42. The number of hydrogen-bond donors (Lipinski definition) is 1. The minimum atomic E-state index is 0.0859. The summed E-state index contributed by atoms with van der Waals surface area (Å²) >= 11 is 1.50. The lowest BCUT2D eigenvalue weighted by atomic mass is 10.1. The Kier molecular flexibility index (Phi) is 5.13. The SMILES string of the molecule is CC(C)(C)NCc1nnc(OCC2CCCCO2)s1. The third-order valence-corrected chi connectivity index (χ3v) is 3.72. The van der Waals surface area contributed by atoms with Crippen LogP contribution >= 0.6 is 11.3 Å². The molecule has 0 aliphatic carbocycles. The van der Waals surface area contributed by atoms with E-state index in [0.717, 1.165) is 31.0 Å². The van der Waals surface area contributed by atoms with Gasteiger partial charge in [0.1, 0.15) is 11.6 Å². The molecule has 0 radical (unpaired) electrons. The molecule has 0 saturated carbocycles. The molecule has 1 saturated heterocycles. The first-order valence-electron chi connectivity index (χ1n) is 6.85. The Hall–Kier alpha value is -0.720. The van der Waals surface area contributed by atoms with Gasteiger partial charge in [-0.05, 0) is 40.0 Å². The molecule has 108 valence electrons. The van der Waals surface area contributed by atoms with Crippen LogP contribution < -0.4 is 10.1 Å². The van der Waals surface area contributed by atoms with Crippen molar-refractivity contribution in [1.29, 1.82) is 0 Å². The molecule has 1 aromatic heterocycles. The minimum absolute atomic E-state index is 0.0859. The highest BCUT2D eigenvalue weighted by Gasteiger charge is 2.16. The molecule has 19 heavy (non-hydrogen) atoms. The molecular weight excluding hydrogens is 262 g/mol. The minimum Gasteiger partial charge on any atom is -0.466 e. The van der Waals surface area contributed by atoms with Gasteiger partial charge in [0.05, 0.1) is 12.6 Å². The van der Waals surface area contributed by atoms with Crippen LogP contribution in [0.5, 0.6) is 5.19 Å². The van der Waals surface area contributed by atoms with Gasteiger partial charge in [-0.2, -0.15) is 0 Å². The van der Waals surface area contributed by atoms with Crippen molar-refractivity contribution in [3.05, 3.63) is 5.01 Å². The molecular formula is C13H23N3O2S. The van der Waals surface area contributed by atoms with Crippen LogP contribution in [0.25, 0.3) is 0 Å². The fourth-order valence-electron chi connectivity index (χ4n) is 1.81. The maximum Gasteiger partial charge on any atom is 0.294 e. The van der Waals surface area contributed by atoms with Crippen LogP contribution in [-0.4, -0.2) is 35.1 Å². The molecule has 2 rings (SSSR count). The number of rotatable bonds is 5. The summed E-state index contributed by atoms with van der Waals surface area (Å²) in [7, 11) is 0. The highest BCUT2D eigenvalue weighted by molar-refractivity contribution is 7.13. The first kappa shape index (κ1) is 14.7. The van der Waals surface area contributed by atoms with Crippen LogP contribution in [0.3, 0.4) is 0 Å². The zero-order valence-electron chi connectivity index (χ0n) is 11.9. The second-order valence-electron chi connectivity index (χ2n) is 5.86. The first-order valence-corrected chi connectivity index (χ1v) is 7.66. The number of nitrogens with one attached hydrogen (secondary N) is 1. The van der Waals surface area contributed by atoms with Crippen molar-refractivity contribution in [2.24, 2.45) is 0 Å². The number of aromatic nitrogens is 2. The van der Waals surface area contributed by atoms with E-state index in [-0.39, 0.29) is 11.6 Å². The molecule has 6 heteroatoms. The van der Waals surface area contributed by atoms with Gasteiger partial charge < -0.3 is 14.8 Å². The van der Waals surface area contributed by atoms with Gasteiger partial charge in [-0.15, -0.1) is 10.2 Å². The van der Waals surface area contributed by atoms with Crippen molar-refractivity contribution < 1.29 is 9.47 Å². The molecule has 1 aromatic rings. The largest absolute Gasteiger partial charge is 0.466 e. The van der Waals surface area contributed by atoms with Crippen molar-refractivity contribution in [3.8, 4) is 5.19 Å². The van der Waals surface area contributed by atoms with Crippen LogP contribution in [0.1, 0.15) is 45.0 Å². The average molecular weight is 285 g/mol. The van der Waals surface area contributed by atoms with Crippen LogP contribution in [0.4, 0.5) is 0 Å². The van der Waals surface area contributed by atoms with Crippen molar-refractivity contribution in [1.82, 2.24) is 15.5 Å². The van der Waals surface area contributed by atoms with Crippen molar-refractivity contribution >= 4 is 11.3 Å². The second-order valence-corrected chi connectivity index (χ2v) is 6.89. The molecule has 0 amide bonds.